The average molecular weight is 486 g/mol. The summed E-state index contributed by atoms with van der Waals surface area (Å²) < 4.78 is 34.9. The first kappa shape index (κ1) is 26.6. The highest BCUT2D eigenvalue weighted by Gasteiger charge is 2.11. The van der Waals surface area contributed by atoms with Crippen molar-refractivity contribution in [2.45, 2.75) is 31.3 Å². The van der Waals surface area contributed by atoms with E-state index in [1.165, 1.54) is 25.4 Å². The van der Waals surface area contributed by atoms with Gasteiger partial charge in [-0.1, -0.05) is 5.92 Å². The number of nitrogens with zero attached hydrogens (tertiary/aromatic N) is 2. The van der Waals surface area contributed by atoms with Crippen molar-refractivity contribution in [1.29, 1.82) is 5.41 Å². The fourth-order valence-electron chi connectivity index (χ4n) is 2.44. The summed E-state index contributed by atoms with van der Waals surface area (Å²) in [6.45, 7) is 5.02. The van der Waals surface area contributed by atoms with E-state index in [1.807, 2.05) is 0 Å². The molecule has 0 amide bonds. The van der Waals surface area contributed by atoms with Gasteiger partial charge in [-0.2, -0.15) is 0 Å². The molecule has 10 heteroatoms. The molecule has 178 valence electrons. The Kier molecular flexibility index (Phi) is 9.79. The van der Waals surface area contributed by atoms with Gasteiger partial charge in [0.25, 0.3) is 0 Å². The van der Waals surface area contributed by atoms with Gasteiger partial charge in [-0.25, -0.2) is 18.7 Å². The highest BCUT2D eigenvalue weighted by atomic mass is 32.2. The zero-order valence-electron chi connectivity index (χ0n) is 19.1. The third-order valence-electron chi connectivity index (χ3n) is 3.88. The van der Waals surface area contributed by atoms with Gasteiger partial charge in [-0.05, 0) is 63.1 Å². The molecule has 3 rings (SSSR count). The van der Waals surface area contributed by atoms with Crippen molar-refractivity contribution in [1.82, 2.24) is 15.0 Å². The van der Waals surface area contributed by atoms with Crippen molar-refractivity contribution in [3.05, 3.63) is 72.0 Å². The second-order valence-corrected chi connectivity index (χ2v) is 8.06. The first-order valence-electron chi connectivity index (χ1n) is 9.97. The number of rotatable bonds is 7. The molecular weight excluding hydrogens is 460 g/mol. The number of hydrogen-bond donors (Lipinski definition) is 4. The first-order valence-corrected chi connectivity index (χ1v) is 10.8. The number of methoxy groups -OCH3 is 1. The summed E-state index contributed by atoms with van der Waals surface area (Å²) in [5.74, 6) is 4.79. The van der Waals surface area contributed by atoms with E-state index >= 15 is 0 Å². The van der Waals surface area contributed by atoms with Crippen molar-refractivity contribution in [2.24, 2.45) is 0 Å². The molecule has 0 saturated carbocycles. The minimum atomic E-state index is -0.811. The van der Waals surface area contributed by atoms with E-state index in [4.69, 9.17) is 15.3 Å². The number of anilines is 1. The van der Waals surface area contributed by atoms with Crippen LogP contribution < -0.4 is 9.46 Å². The smallest absolute Gasteiger partial charge is 0.237 e. The molecule has 2 heterocycles. The van der Waals surface area contributed by atoms with Crippen LogP contribution in [0, 0.1) is 28.9 Å². The molecule has 3 aromatic rings. The number of ether oxygens (including phenoxy) is 1. The summed E-state index contributed by atoms with van der Waals surface area (Å²) in [4.78, 5) is 11.3. The Hall–Kier alpha value is -3.68. The number of aliphatic hydroxyl groups is 1. The second-order valence-electron chi connectivity index (χ2n) is 7.22. The molecule has 2 aromatic heterocycles. The van der Waals surface area contributed by atoms with Crippen LogP contribution in [0.1, 0.15) is 32.2 Å². The monoisotopic (exact) mass is 485 g/mol. The summed E-state index contributed by atoms with van der Waals surface area (Å²) >= 11 is 0.955. The minimum Gasteiger partial charge on any atom is -0.480 e. The van der Waals surface area contributed by atoms with Crippen LogP contribution in [0.2, 0.25) is 0 Å². The summed E-state index contributed by atoms with van der Waals surface area (Å²) in [5, 5.41) is 17.0. The first-order chi connectivity index (χ1) is 16.1. The lowest BCUT2D eigenvalue weighted by Gasteiger charge is -2.11. The highest BCUT2D eigenvalue weighted by Crippen LogP contribution is 2.30. The Balaban J connectivity index is 0.000000509. The number of hydrogen-bond acceptors (Lipinski definition) is 7. The van der Waals surface area contributed by atoms with E-state index in [9.17, 15) is 8.78 Å². The Bertz CT molecular complexity index is 1200. The second kappa shape index (κ2) is 12.5. The number of halogens is 2. The van der Waals surface area contributed by atoms with Crippen molar-refractivity contribution in [2.75, 3.05) is 11.8 Å². The Morgan fingerprint density at radius 2 is 2.06 bits per heavy atom. The van der Waals surface area contributed by atoms with E-state index in [1.54, 1.807) is 51.4 Å². The maximum atomic E-state index is 13.8. The molecule has 0 radical (unpaired) electrons. The number of aromatic amines is 1. The Labute approximate surface area is 201 Å². The maximum Gasteiger partial charge on any atom is 0.237 e. The number of pyridine rings is 1. The topological polar surface area (TPSA) is 107 Å². The van der Waals surface area contributed by atoms with Crippen LogP contribution in [0.25, 0.3) is 6.08 Å². The lowest BCUT2D eigenvalue weighted by molar-refractivity contribution is 0.143. The molecule has 0 fully saturated rings. The van der Waals surface area contributed by atoms with Crippen molar-refractivity contribution in [3.8, 4) is 17.7 Å². The van der Waals surface area contributed by atoms with Crippen LogP contribution in [0.15, 0.2) is 53.8 Å². The van der Waals surface area contributed by atoms with Crippen LogP contribution in [0.5, 0.6) is 5.88 Å². The number of nitrogens with one attached hydrogen (secondary N) is 3. The predicted octanol–water partition coefficient (Wildman–Crippen LogP) is 5.07. The molecule has 0 aliphatic carbocycles. The zero-order chi connectivity index (χ0) is 25.1. The summed E-state index contributed by atoms with van der Waals surface area (Å²) in [6, 6.07) is 4.98. The van der Waals surface area contributed by atoms with Crippen LogP contribution in [-0.4, -0.2) is 38.5 Å². The quantitative estimate of drug-likeness (QED) is 0.211. The van der Waals surface area contributed by atoms with Crippen LogP contribution in [0.4, 0.5) is 14.5 Å². The standard InChI is InChI=1S/C18H15F2N5OS.C6H10O/c1-26-18-15(25-27-16-4-2-12(19)9-13(16)20)8-11(10-24-18)14(21)3-5-17-22-6-7-23-17;1-4-5-6(2,3)7/h2-10,21,25H,1H3,(H,22,23);7H,1-3H3/b5-3-,21-14?;. The molecular formula is C24H25F2N5O2S. The summed E-state index contributed by atoms with van der Waals surface area (Å²) in [7, 11) is 1.46. The van der Waals surface area contributed by atoms with Crippen LogP contribution in [-0.2, 0) is 0 Å². The Morgan fingerprint density at radius 3 is 2.62 bits per heavy atom. The van der Waals surface area contributed by atoms with Gasteiger partial charge >= 0.3 is 0 Å². The molecule has 4 N–H and O–H groups in total. The lowest BCUT2D eigenvalue weighted by atomic mass is 10.1. The number of H-pyrrole nitrogens is 1. The van der Waals surface area contributed by atoms with E-state index in [2.05, 4.69) is 31.5 Å². The number of aromatic nitrogens is 3. The van der Waals surface area contributed by atoms with E-state index in [0.717, 1.165) is 18.0 Å². The third kappa shape index (κ3) is 8.69. The van der Waals surface area contributed by atoms with Gasteiger partial charge in [0.1, 0.15) is 28.7 Å². The molecule has 0 aliphatic heterocycles. The van der Waals surface area contributed by atoms with Gasteiger partial charge < -0.3 is 25.0 Å². The van der Waals surface area contributed by atoms with Gasteiger partial charge in [0.2, 0.25) is 5.88 Å². The van der Waals surface area contributed by atoms with E-state index < -0.39 is 17.2 Å². The number of benzene rings is 1. The largest absolute Gasteiger partial charge is 0.480 e. The highest BCUT2D eigenvalue weighted by molar-refractivity contribution is 8.00. The molecule has 0 atom stereocenters. The van der Waals surface area contributed by atoms with Gasteiger partial charge in [-0.15, -0.1) is 5.92 Å². The normalized spacial score (nSPS) is 10.7. The zero-order valence-corrected chi connectivity index (χ0v) is 19.9. The van der Waals surface area contributed by atoms with Crippen molar-refractivity contribution in [3.63, 3.8) is 0 Å². The molecule has 34 heavy (non-hydrogen) atoms. The molecule has 0 unspecified atom stereocenters. The molecule has 0 bridgehead atoms. The molecule has 0 spiro atoms. The fourth-order valence-corrected chi connectivity index (χ4v) is 3.09. The molecule has 0 saturated heterocycles. The van der Waals surface area contributed by atoms with Crippen molar-refractivity contribution >= 4 is 29.4 Å². The van der Waals surface area contributed by atoms with E-state index in [0.29, 0.717) is 17.1 Å². The molecule has 0 aliphatic rings. The van der Waals surface area contributed by atoms with Gasteiger partial charge in [-0.3, -0.25) is 0 Å². The predicted molar refractivity (Wildman–Crippen MR) is 131 cm³/mol. The summed E-state index contributed by atoms with van der Waals surface area (Å²) in [5.41, 5.74) is 0.387. The average Bonchev–Trinajstić information content (AvgIpc) is 3.30. The van der Waals surface area contributed by atoms with E-state index in [-0.39, 0.29) is 16.5 Å². The van der Waals surface area contributed by atoms with Crippen LogP contribution >= 0.6 is 11.9 Å². The molecule has 1 aromatic carbocycles. The number of allylic oxidation sites excluding steroid dienone is 1. The fraction of sp³-hybridized carbons (Fsp3) is 0.208. The van der Waals surface area contributed by atoms with Gasteiger partial charge in [0.05, 0.1) is 17.7 Å². The van der Waals surface area contributed by atoms with Crippen LogP contribution in [0.3, 0.4) is 0 Å². The SMILES string of the molecule is CC#CC(C)(C)O.COc1ncc(C(=N)/C=C\c2ncc[nH]2)cc1NSc1ccc(F)cc1F. The molecule has 7 nitrogen and oxygen atoms in total. The maximum absolute atomic E-state index is 13.8. The van der Waals surface area contributed by atoms with Crippen molar-refractivity contribution < 1.29 is 18.6 Å². The lowest BCUT2D eigenvalue weighted by Crippen LogP contribution is -2.14. The minimum absolute atomic E-state index is 0.211. The Morgan fingerprint density at radius 1 is 1.29 bits per heavy atom. The summed E-state index contributed by atoms with van der Waals surface area (Å²) in [6.07, 6.45) is 8.06. The number of imidazole rings is 1. The van der Waals surface area contributed by atoms with Gasteiger partial charge in [0.15, 0.2) is 0 Å². The van der Waals surface area contributed by atoms with Gasteiger partial charge in [0, 0.05) is 30.2 Å². The third-order valence-corrected chi connectivity index (χ3v) is 4.75.